The number of nitrogens with zero attached hydrogens (tertiary/aromatic N) is 4. The lowest BCUT2D eigenvalue weighted by atomic mass is 10.0. The van der Waals surface area contributed by atoms with Gasteiger partial charge in [0.25, 0.3) is 0 Å². The zero-order valence-corrected chi connectivity index (χ0v) is 22.5. The average molecular weight is 530 g/mol. The Morgan fingerprint density at radius 3 is 2.15 bits per heavy atom. The number of thioether (sulfide) groups is 1. The van der Waals surface area contributed by atoms with E-state index >= 15 is 0 Å². The van der Waals surface area contributed by atoms with Crippen LogP contribution >= 0.6 is 11.8 Å². The molecule has 0 spiro atoms. The molecule has 0 bridgehead atoms. The van der Waals surface area contributed by atoms with Gasteiger partial charge in [-0.25, -0.2) is 4.98 Å². The third kappa shape index (κ3) is 4.89. The van der Waals surface area contributed by atoms with E-state index in [0.29, 0.717) is 10.9 Å². The maximum atomic E-state index is 13.2. The molecular formula is C32H27N5OS. The first kappa shape index (κ1) is 24.8. The maximum absolute atomic E-state index is 13.2. The summed E-state index contributed by atoms with van der Waals surface area (Å²) in [6.45, 7) is 4.89. The van der Waals surface area contributed by atoms with Crippen LogP contribution in [-0.4, -0.2) is 30.9 Å². The second-order valence-corrected chi connectivity index (χ2v) is 10.6. The first-order valence-electron chi connectivity index (χ1n) is 13.0. The third-order valence-electron chi connectivity index (χ3n) is 6.77. The van der Waals surface area contributed by atoms with Crippen LogP contribution in [0.25, 0.3) is 44.3 Å². The van der Waals surface area contributed by atoms with Crippen molar-refractivity contribution in [2.24, 2.45) is 0 Å². The van der Waals surface area contributed by atoms with Gasteiger partial charge in [0, 0.05) is 45.2 Å². The number of anilines is 1. The molecule has 0 saturated heterocycles. The molecule has 4 aromatic carbocycles. The number of carbonyl (C=O) groups excluding carboxylic acids is 1. The molecule has 6 nitrogen and oxygen atoms in total. The molecular weight excluding hydrogens is 502 g/mol. The van der Waals surface area contributed by atoms with Crippen LogP contribution in [0.3, 0.4) is 0 Å². The summed E-state index contributed by atoms with van der Waals surface area (Å²) in [6, 6.07) is 34.3. The van der Waals surface area contributed by atoms with E-state index in [1.54, 1.807) is 0 Å². The van der Waals surface area contributed by atoms with E-state index in [4.69, 9.17) is 4.98 Å². The topological polar surface area (TPSA) is 72.7 Å². The summed E-state index contributed by atoms with van der Waals surface area (Å²) in [5.74, 6) is -0.115. The summed E-state index contributed by atoms with van der Waals surface area (Å²) in [5.41, 5.74) is 6.46. The van der Waals surface area contributed by atoms with Gasteiger partial charge in [0.1, 0.15) is 11.4 Å². The van der Waals surface area contributed by atoms with Crippen LogP contribution in [0.15, 0.2) is 108 Å². The largest absolute Gasteiger partial charge is 0.341 e. The fraction of sp³-hybridized carbons (Fsp3) is 0.125. The van der Waals surface area contributed by atoms with E-state index in [2.05, 4.69) is 57.3 Å². The Morgan fingerprint density at radius 2 is 1.44 bits per heavy atom. The Hall–Kier alpha value is -4.49. The van der Waals surface area contributed by atoms with E-state index in [-0.39, 0.29) is 5.91 Å². The minimum Gasteiger partial charge on any atom is -0.341 e. The van der Waals surface area contributed by atoms with Gasteiger partial charge >= 0.3 is 0 Å². The van der Waals surface area contributed by atoms with E-state index < -0.39 is 5.25 Å². The molecule has 1 N–H and O–H groups in total. The SMILES string of the molecule is CCn1c2ccccc2c2cc(NC(=O)C(C)Sc3nnc(-c4ccccc4)c(-c4ccccc4)n3)ccc21. The number of hydrogen-bond acceptors (Lipinski definition) is 5. The lowest BCUT2D eigenvalue weighted by Gasteiger charge is -2.13. The number of benzene rings is 4. The van der Waals surface area contributed by atoms with Gasteiger partial charge < -0.3 is 9.88 Å². The van der Waals surface area contributed by atoms with Crippen molar-refractivity contribution in [3.63, 3.8) is 0 Å². The van der Waals surface area contributed by atoms with Gasteiger partial charge in [-0.1, -0.05) is 90.6 Å². The molecule has 1 amide bonds. The number of rotatable bonds is 7. The lowest BCUT2D eigenvalue weighted by Crippen LogP contribution is -2.22. The molecule has 0 fully saturated rings. The molecule has 0 aliphatic rings. The Kier molecular flexibility index (Phi) is 6.82. The first-order valence-corrected chi connectivity index (χ1v) is 13.8. The fourth-order valence-electron chi connectivity index (χ4n) is 4.88. The zero-order chi connectivity index (χ0) is 26.8. The molecule has 6 rings (SSSR count). The molecule has 7 heteroatoms. The quantitative estimate of drug-likeness (QED) is 0.217. The normalized spacial score (nSPS) is 12.1. The minimum atomic E-state index is -0.425. The summed E-state index contributed by atoms with van der Waals surface area (Å²) >= 11 is 1.30. The lowest BCUT2D eigenvalue weighted by molar-refractivity contribution is -0.115. The molecule has 0 saturated carbocycles. The fourth-order valence-corrected chi connectivity index (χ4v) is 5.59. The Bertz CT molecular complexity index is 1780. The van der Waals surface area contributed by atoms with Crippen LogP contribution in [0.1, 0.15) is 13.8 Å². The highest BCUT2D eigenvalue weighted by Crippen LogP contribution is 2.33. The van der Waals surface area contributed by atoms with Crippen molar-refractivity contribution in [3.05, 3.63) is 103 Å². The summed E-state index contributed by atoms with van der Waals surface area (Å²) < 4.78 is 2.29. The smallest absolute Gasteiger partial charge is 0.237 e. The van der Waals surface area contributed by atoms with Gasteiger partial charge in [-0.2, -0.15) is 0 Å². The standard InChI is InChI=1S/C32H27N5OS/c1-3-37-27-17-11-10-16-25(27)26-20-24(18-19-28(26)37)33-31(38)21(2)39-32-34-29(22-12-6-4-7-13-22)30(35-36-32)23-14-8-5-9-15-23/h4-21H,3H2,1-2H3,(H,33,38). The van der Waals surface area contributed by atoms with Gasteiger partial charge in [0.15, 0.2) is 0 Å². The van der Waals surface area contributed by atoms with Crippen LogP contribution in [0.2, 0.25) is 0 Å². The molecule has 2 heterocycles. The number of hydrogen-bond donors (Lipinski definition) is 1. The van der Waals surface area contributed by atoms with Crippen molar-refractivity contribution in [1.29, 1.82) is 0 Å². The number of aromatic nitrogens is 4. The Balaban J connectivity index is 1.26. The van der Waals surface area contributed by atoms with E-state index in [0.717, 1.165) is 40.0 Å². The van der Waals surface area contributed by atoms with Crippen LogP contribution in [0.4, 0.5) is 5.69 Å². The van der Waals surface area contributed by atoms with Gasteiger partial charge in [0.05, 0.1) is 5.25 Å². The number of carbonyl (C=O) groups is 1. The third-order valence-corrected chi connectivity index (χ3v) is 7.72. The molecule has 192 valence electrons. The highest BCUT2D eigenvalue weighted by molar-refractivity contribution is 8.00. The van der Waals surface area contributed by atoms with Crippen molar-refractivity contribution < 1.29 is 4.79 Å². The van der Waals surface area contributed by atoms with Crippen molar-refractivity contribution in [1.82, 2.24) is 19.7 Å². The van der Waals surface area contributed by atoms with Gasteiger partial charge in [0.2, 0.25) is 11.1 Å². The van der Waals surface area contributed by atoms with Crippen LogP contribution < -0.4 is 5.32 Å². The van der Waals surface area contributed by atoms with Crippen LogP contribution in [0.5, 0.6) is 0 Å². The molecule has 1 atom stereocenters. The average Bonchev–Trinajstić information content (AvgIpc) is 3.31. The van der Waals surface area contributed by atoms with Crippen molar-refractivity contribution >= 4 is 45.2 Å². The number of aryl methyl sites for hydroxylation is 1. The summed E-state index contributed by atoms with van der Waals surface area (Å²) in [7, 11) is 0. The highest BCUT2D eigenvalue weighted by atomic mass is 32.2. The molecule has 2 aromatic heterocycles. The molecule has 0 aliphatic carbocycles. The van der Waals surface area contributed by atoms with Crippen LogP contribution in [-0.2, 0) is 11.3 Å². The first-order chi connectivity index (χ1) is 19.1. The predicted molar refractivity (Wildman–Crippen MR) is 160 cm³/mol. The monoisotopic (exact) mass is 529 g/mol. The highest BCUT2D eigenvalue weighted by Gasteiger charge is 2.20. The second kappa shape index (κ2) is 10.7. The van der Waals surface area contributed by atoms with E-state index in [9.17, 15) is 4.79 Å². The van der Waals surface area contributed by atoms with Crippen molar-refractivity contribution in [2.45, 2.75) is 30.8 Å². The number of nitrogens with one attached hydrogen (secondary N) is 1. The van der Waals surface area contributed by atoms with E-state index in [1.807, 2.05) is 79.7 Å². The number of para-hydroxylation sites is 1. The predicted octanol–water partition coefficient (Wildman–Crippen LogP) is 7.45. The second-order valence-electron chi connectivity index (χ2n) is 9.27. The summed E-state index contributed by atoms with van der Waals surface area (Å²) in [4.78, 5) is 18.1. The van der Waals surface area contributed by atoms with Gasteiger partial charge in [-0.05, 0) is 38.1 Å². The van der Waals surface area contributed by atoms with Gasteiger partial charge in [-0.3, -0.25) is 4.79 Å². The number of fused-ring (bicyclic) bond motifs is 3. The minimum absolute atomic E-state index is 0.115. The Morgan fingerprint density at radius 1 is 0.795 bits per heavy atom. The molecule has 6 aromatic rings. The summed E-state index contributed by atoms with van der Waals surface area (Å²) in [5, 5.41) is 14.3. The van der Waals surface area contributed by atoms with Gasteiger partial charge in [-0.15, -0.1) is 10.2 Å². The maximum Gasteiger partial charge on any atom is 0.237 e. The molecule has 0 radical (unpaired) electrons. The van der Waals surface area contributed by atoms with Crippen molar-refractivity contribution in [2.75, 3.05) is 5.32 Å². The van der Waals surface area contributed by atoms with Crippen LogP contribution in [0, 0.1) is 0 Å². The van der Waals surface area contributed by atoms with E-state index in [1.165, 1.54) is 22.7 Å². The Labute approximate surface area is 231 Å². The molecule has 39 heavy (non-hydrogen) atoms. The van der Waals surface area contributed by atoms with Crippen molar-refractivity contribution in [3.8, 4) is 22.5 Å². The molecule has 0 aliphatic heterocycles. The zero-order valence-electron chi connectivity index (χ0n) is 21.7. The summed E-state index contributed by atoms with van der Waals surface area (Å²) in [6.07, 6.45) is 0. The molecule has 1 unspecified atom stereocenters. The number of amides is 1.